The second-order valence-electron chi connectivity index (χ2n) is 9.27. The summed E-state index contributed by atoms with van der Waals surface area (Å²) in [5.41, 5.74) is 0.929. The molecule has 9 heteroatoms. The molecular weight excluding hydrogens is 435 g/mol. The molecule has 4 rings (SSSR count). The first kappa shape index (κ1) is 23.3. The van der Waals surface area contributed by atoms with E-state index < -0.39 is 17.2 Å². The Morgan fingerprint density at radius 2 is 1.97 bits per heavy atom. The van der Waals surface area contributed by atoms with Gasteiger partial charge < -0.3 is 15.3 Å². The minimum atomic E-state index is -1.67. The molecular formula is C25H25FN6O2. The number of nitrogens with zero attached hydrogens (tertiary/aromatic N) is 5. The molecule has 1 saturated heterocycles. The van der Waals surface area contributed by atoms with Crippen LogP contribution in [0.15, 0.2) is 42.9 Å². The van der Waals surface area contributed by atoms with Crippen molar-refractivity contribution in [2.45, 2.75) is 39.0 Å². The third-order valence-electron chi connectivity index (χ3n) is 5.64. The van der Waals surface area contributed by atoms with Crippen LogP contribution in [0.3, 0.4) is 0 Å². The average Bonchev–Trinajstić information content (AvgIpc) is 2.77. The van der Waals surface area contributed by atoms with E-state index in [1.807, 2.05) is 11.8 Å². The van der Waals surface area contributed by atoms with Crippen molar-refractivity contribution in [3.8, 4) is 17.2 Å². The van der Waals surface area contributed by atoms with Crippen molar-refractivity contribution >= 4 is 17.4 Å². The lowest BCUT2D eigenvalue weighted by Crippen LogP contribution is -2.60. The van der Waals surface area contributed by atoms with Crippen molar-refractivity contribution in [2.24, 2.45) is 0 Å². The summed E-state index contributed by atoms with van der Waals surface area (Å²) in [4.78, 5) is 27.5. The van der Waals surface area contributed by atoms with Crippen LogP contribution in [0.25, 0.3) is 11.1 Å². The number of carbonyl (C=O) groups excluding carboxylic acids is 1. The highest BCUT2D eigenvalue weighted by Crippen LogP contribution is 2.32. The predicted molar refractivity (Wildman–Crippen MR) is 126 cm³/mol. The summed E-state index contributed by atoms with van der Waals surface area (Å²) in [5.74, 6) is 0.109. The Balaban J connectivity index is 1.59. The molecule has 0 aliphatic carbocycles. The van der Waals surface area contributed by atoms with E-state index in [2.05, 4.69) is 26.3 Å². The maximum Gasteiger partial charge on any atom is 0.255 e. The van der Waals surface area contributed by atoms with Crippen LogP contribution < -0.4 is 10.2 Å². The number of rotatable bonds is 5. The van der Waals surface area contributed by atoms with Gasteiger partial charge in [-0.2, -0.15) is 5.26 Å². The fourth-order valence-corrected chi connectivity index (χ4v) is 3.86. The van der Waals surface area contributed by atoms with Crippen LogP contribution in [0.1, 0.15) is 48.1 Å². The number of halogens is 1. The van der Waals surface area contributed by atoms with Crippen molar-refractivity contribution in [3.05, 3.63) is 65.4 Å². The zero-order valence-electron chi connectivity index (χ0n) is 19.4. The molecule has 1 aliphatic rings. The number of nitriles is 1. The number of aryl methyl sites for hydroxylation is 1. The number of nitrogens with one attached hydrogen (secondary N) is 1. The highest BCUT2D eigenvalue weighted by Gasteiger charge is 2.38. The zero-order valence-corrected chi connectivity index (χ0v) is 19.4. The Morgan fingerprint density at radius 3 is 2.62 bits per heavy atom. The quantitative estimate of drug-likeness (QED) is 0.596. The van der Waals surface area contributed by atoms with Crippen molar-refractivity contribution in [1.29, 1.82) is 5.26 Å². The van der Waals surface area contributed by atoms with Gasteiger partial charge in [-0.3, -0.25) is 14.8 Å². The summed E-state index contributed by atoms with van der Waals surface area (Å²) >= 11 is 0. The Morgan fingerprint density at radius 1 is 1.24 bits per heavy atom. The van der Waals surface area contributed by atoms with Crippen LogP contribution in [0, 0.1) is 18.3 Å². The summed E-state index contributed by atoms with van der Waals surface area (Å²) in [7, 11) is 0. The molecule has 0 unspecified atom stereocenters. The number of alkyl halides is 1. The van der Waals surface area contributed by atoms with E-state index in [1.54, 1.807) is 25.3 Å². The molecule has 8 nitrogen and oxygen atoms in total. The Labute approximate surface area is 197 Å². The number of aromatic nitrogens is 3. The van der Waals surface area contributed by atoms with Gasteiger partial charge >= 0.3 is 0 Å². The molecule has 34 heavy (non-hydrogen) atoms. The predicted octanol–water partition coefficient (Wildman–Crippen LogP) is 3.75. The number of pyridine rings is 3. The van der Waals surface area contributed by atoms with Crippen molar-refractivity contribution in [3.63, 3.8) is 0 Å². The number of anilines is 2. The van der Waals surface area contributed by atoms with Crippen molar-refractivity contribution < 1.29 is 14.3 Å². The molecule has 3 aromatic rings. The maximum absolute atomic E-state index is 14.2. The maximum atomic E-state index is 14.2. The Bertz CT molecular complexity index is 1300. The number of β-amino-alcohol motifs (C(OH)–C–C–N with tert-alkyl or cyclic N) is 1. The van der Waals surface area contributed by atoms with Gasteiger partial charge in [-0.25, -0.2) is 9.37 Å². The fraction of sp³-hybridized carbons (Fsp3) is 0.320. The molecule has 1 fully saturated rings. The molecule has 1 amide bonds. The standard InChI is InChI=1S/C25H25FN6O2/c1-15-20(18-7-17(10-27)22(30-11-18)32-13-25(4,34)14-32)9-19(12-29-15)31-23(33)16-5-6-28-21(8-16)24(2,3)26/h5-9,11-12,34H,13-14H2,1-4H3,(H,31,33). The number of hydrogen-bond acceptors (Lipinski definition) is 7. The summed E-state index contributed by atoms with van der Waals surface area (Å²) in [6.07, 6.45) is 4.59. The van der Waals surface area contributed by atoms with E-state index in [9.17, 15) is 19.6 Å². The molecule has 174 valence electrons. The monoisotopic (exact) mass is 460 g/mol. The largest absolute Gasteiger partial charge is 0.386 e. The molecule has 0 bridgehead atoms. The topological polar surface area (TPSA) is 115 Å². The second-order valence-corrected chi connectivity index (χ2v) is 9.27. The lowest BCUT2D eigenvalue weighted by molar-refractivity contribution is 0.0305. The third kappa shape index (κ3) is 4.72. The lowest BCUT2D eigenvalue weighted by Gasteiger charge is -2.45. The summed E-state index contributed by atoms with van der Waals surface area (Å²) in [6, 6.07) is 8.60. The highest BCUT2D eigenvalue weighted by atomic mass is 19.1. The molecule has 0 saturated carbocycles. The van der Waals surface area contributed by atoms with Crippen LogP contribution >= 0.6 is 0 Å². The van der Waals surface area contributed by atoms with Gasteiger partial charge in [0.2, 0.25) is 0 Å². The van der Waals surface area contributed by atoms with E-state index in [0.29, 0.717) is 47.0 Å². The van der Waals surface area contributed by atoms with Crippen LogP contribution in [0.2, 0.25) is 0 Å². The number of carbonyl (C=O) groups is 1. The highest BCUT2D eigenvalue weighted by molar-refractivity contribution is 6.04. The van der Waals surface area contributed by atoms with E-state index >= 15 is 0 Å². The van der Waals surface area contributed by atoms with Gasteiger partial charge in [-0.05, 0) is 52.0 Å². The van der Waals surface area contributed by atoms with Gasteiger partial charge in [0.25, 0.3) is 5.91 Å². The number of aliphatic hydroxyl groups is 1. The van der Waals surface area contributed by atoms with Crippen molar-refractivity contribution in [1.82, 2.24) is 15.0 Å². The molecule has 0 spiro atoms. The van der Waals surface area contributed by atoms with Gasteiger partial charge in [0.15, 0.2) is 0 Å². The molecule has 0 radical (unpaired) electrons. The van der Waals surface area contributed by atoms with E-state index in [0.717, 1.165) is 0 Å². The van der Waals surface area contributed by atoms with Gasteiger partial charge in [0, 0.05) is 47.9 Å². The molecule has 4 heterocycles. The van der Waals surface area contributed by atoms with E-state index in [-0.39, 0.29) is 11.3 Å². The second kappa shape index (κ2) is 8.47. The first-order valence-electron chi connectivity index (χ1n) is 10.8. The number of amides is 1. The van der Waals surface area contributed by atoms with Gasteiger partial charge in [-0.15, -0.1) is 0 Å². The van der Waals surface area contributed by atoms with Crippen LogP contribution in [0.5, 0.6) is 0 Å². The van der Waals surface area contributed by atoms with Crippen LogP contribution in [0.4, 0.5) is 15.9 Å². The number of hydrogen-bond donors (Lipinski definition) is 2. The van der Waals surface area contributed by atoms with E-state index in [4.69, 9.17) is 0 Å². The van der Waals surface area contributed by atoms with E-state index in [1.165, 1.54) is 38.4 Å². The van der Waals surface area contributed by atoms with Crippen LogP contribution in [-0.4, -0.2) is 44.7 Å². The Hall–Kier alpha value is -3.90. The summed E-state index contributed by atoms with van der Waals surface area (Å²) < 4.78 is 14.2. The first-order chi connectivity index (χ1) is 16.0. The average molecular weight is 461 g/mol. The zero-order chi connectivity index (χ0) is 24.7. The lowest BCUT2D eigenvalue weighted by atomic mass is 9.96. The van der Waals surface area contributed by atoms with Gasteiger partial charge in [-0.1, -0.05) is 0 Å². The van der Waals surface area contributed by atoms with Gasteiger partial charge in [0.1, 0.15) is 17.6 Å². The fourth-order valence-electron chi connectivity index (χ4n) is 3.86. The van der Waals surface area contributed by atoms with Crippen LogP contribution in [-0.2, 0) is 5.67 Å². The van der Waals surface area contributed by atoms with Gasteiger partial charge in [0.05, 0.1) is 28.7 Å². The molecule has 0 atom stereocenters. The van der Waals surface area contributed by atoms with Crippen molar-refractivity contribution in [2.75, 3.05) is 23.3 Å². The Kier molecular flexibility index (Phi) is 5.79. The first-order valence-corrected chi connectivity index (χ1v) is 10.8. The molecule has 1 aliphatic heterocycles. The minimum absolute atomic E-state index is 0.168. The molecule has 2 N–H and O–H groups in total. The molecule has 3 aromatic heterocycles. The SMILES string of the molecule is Cc1ncc(NC(=O)c2ccnc(C(C)(C)F)c2)cc1-c1cnc(N2CC(C)(O)C2)c(C#N)c1. The smallest absolute Gasteiger partial charge is 0.255 e. The summed E-state index contributed by atoms with van der Waals surface area (Å²) in [6.45, 7) is 7.15. The minimum Gasteiger partial charge on any atom is -0.386 e. The summed E-state index contributed by atoms with van der Waals surface area (Å²) in [5, 5.41) is 22.4. The third-order valence-corrected chi connectivity index (χ3v) is 5.64. The normalized spacial score (nSPS) is 14.8. The molecule has 0 aromatic carbocycles.